The molecule has 4 aromatic rings. The maximum absolute atomic E-state index is 6.09. The van der Waals surface area contributed by atoms with E-state index >= 15 is 0 Å². The molecule has 0 N–H and O–H groups in total. The number of rotatable bonds is 7. The smallest absolute Gasteiger partial charge is 0.161 e. The van der Waals surface area contributed by atoms with Gasteiger partial charge in [-0.3, -0.25) is 0 Å². The predicted molar refractivity (Wildman–Crippen MR) is 127 cm³/mol. The molecule has 0 spiro atoms. The van der Waals surface area contributed by atoms with Gasteiger partial charge in [0.05, 0.1) is 24.2 Å². The number of para-hydroxylation sites is 4. The summed E-state index contributed by atoms with van der Waals surface area (Å²) < 4.78 is 14.0. The summed E-state index contributed by atoms with van der Waals surface area (Å²) in [6, 6.07) is 24.8. The van der Waals surface area contributed by atoms with Crippen molar-refractivity contribution in [2.45, 2.75) is 39.7 Å². The Bertz CT molecular complexity index is 1150. The molecule has 4 rings (SSSR count). The fraction of sp³-hybridized carbons (Fsp3) is 0.296. The molecule has 0 saturated heterocycles. The van der Waals surface area contributed by atoms with E-state index in [1.54, 1.807) is 0 Å². The zero-order chi connectivity index (χ0) is 21.8. The van der Waals surface area contributed by atoms with Crippen LogP contribution >= 0.6 is 0 Å². The maximum Gasteiger partial charge on any atom is 0.161 e. The highest BCUT2D eigenvalue weighted by molar-refractivity contribution is 5.80. The average molecular weight is 415 g/mol. The fourth-order valence-corrected chi connectivity index (χ4v) is 3.73. The topological polar surface area (TPSA) is 36.3 Å². The molecule has 0 aliphatic carbocycles. The van der Waals surface area contributed by atoms with Gasteiger partial charge in [0.1, 0.15) is 12.4 Å². The number of fused-ring (bicyclic) bond motifs is 1. The second-order valence-corrected chi connectivity index (χ2v) is 8.63. The Morgan fingerprint density at radius 3 is 2.13 bits per heavy atom. The molecule has 3 aromatic carbocycles. The van der Waals surface area contributed by atoms with Gasteiger partial charge >= 0.3 is 0 Å². The van der Waals surface area contributed by atoms with E-state index in [0.717, 1.165) is 33.9 Å². The van der Waals surface area contributed by atoms with E-state index in [2.05, 4.69) is 67.8 Å². The Hall–Kier alpha value is -3.27. The second-order valence-electron chi connectivity index (χ2n) is 8.63. The zero-order valence-corrected chi connectivity index (χ0v) is 18.8. The van der Waals surface area contributed by atoms with Crippen molar-refractivity contribution in [1.29, 1.82) is 0 Å². The Kier molecular flexibility index (Phi) is 5.99. The summed E-state index contributed by atoms with van der Waals surface area (Å²) in [6.07, 6.45) is 0. The van der Waals surface area contributed by atoms with Crippen LogP contribution in [0.2, 0.25) is 0 Å². The Morgan fingerprint density at radius 1 is 0.806 bits per heavy atom. The van der Waals surface area contributed by atoms with Gasteiger partial charge in [-0.15, -0.1) is 0 Å². The van der Waals surface area contributed by atoms with Crippen LogP contribution in [0.15, 0.2) is 72.8 Å². The molecule has 0 unspecified atom stereocenters. The van der Waals surface area contributed by atoms with Crippen molar-refractivity contribution in [3.63, 3.8) is 0 Å². The van der Waals surface area contributed by atoms with E-state index in [4.69, 9.17) is 14.5 Å². The minimum absolute atomic E-state index is 0.125. The van der Waals surface area contributed by atoms with Gasteiger partial charge in [-0.25, -0.2) is 4.98 Å². The summed E-state index contributed by atoms with van der Waals surface area (Å²) in [7, 11) is 0. The highest BCUT2D eigenvalue weighted by Gasteiger charge is 2.16. The first-order valence-electron chi connectivity index (χ1n) is 10.9. The third kappa shape index (κ3) is 4.58. The van der Waals surface area contributed by atoms with Crippen LogP contribution < -0.4 is 9.47 Å². The van der Waals surface area contributed by atoms with Crippen molar-refractivity contribution >= 4 is 11.0 Å². The van der Waals surface area contributed by atoms with Gasteiger partial charge < -0.3 is 14.0 Å². The molecule has 0 atom stereocenters. The normalized spacial score (nSPS) is 11.6. The third-order valence-corrected chi connectivity index (χ3v) is 5.39. The van der Waals surface area contributed by atoms with E-state index in [0.29, 0.717) is 19.8 Å². The van der Waals surface area contributed by atoms with Gasteiger partial charge in [-0.05, 0) is 42.2 Å². The summed E-state index contributed by atoms with van der Waals surface area (Å²) in [5.74, 6) is 2.51. The lowest BCUT2D eigenvalue weighted by atomic mass is 9.87. The average Bonchev–Trinajstić information content (AvgIpc) is 3.13. The molecule has 0 saturated carbocycles. The molecule has 0 amide bonds. The highest BCUT2D eigenvalue weighted by Crippen LogP contribution is 2.29. The summed E-state index contributed by atoms with van der Waals surface area (Å²) >= 11 is 0. The quantitative estimate of drug-likeness (QED) is 0.347. The van der Waals surface area contributed by atoms with Crippen molar-refractivity contribution in [1.82, 2.24) is 9.55 Å². The summed E-state index contributed by atoms with van der Waals surface area (Å²) in [4.78, 5) is 4.93. The number of aromatic nitrogens is 2. The van der Waals surface area contributed by atoms with Crippen LogP contribution in [0.1, 0.15) is 33.3 Å². The van der Waals surface area contributed by atoms with Crippen molar-refractivity contribution in [2.75, 3.05) is 13.2 Å². The number of hydrogen-bond donors (Lipinski definition) is 0. The van der Waals surface area contributed by atoms with Crippen LogP contribution in [0, 0.1) is 0 Å². The number of hydrogen-bond acceptors (Lipinski definition) is 3. The predicted octanol–water partition coefficient (Wildman–Crippen LogP) is 6.48. The minimum atomic E-state index is 0.125. The van der Waals surface area contributed by atoms with Crippen LogP contribution in [0.3, 0.4) is 0 Å². The molecule has 160 valence electrons. The number of nitrogens with zero attached hydrogens (tertiary/aromatic N) is 2. The minimum Gasteiger partial charge on any atom is -0.490 e. The monoisotopic (exact) mass is 414 g/mol. The molecular formula is C27H30N2O2. The maximum atomic E-state index is 6.09. The Morgan fingerprint density at radius 2 is 1.45 bits per heavy atom. The SMILES string of the molecule is CCOc1ccccc1OCCn1c(-c2ccc(C(C)(C)C)cc2)nc2ccccc21. The van der Waals surface area contributed by atoms with Crippen molar-refractivity contribution in [3.8, 4) is 22.9 Å². The number of ether oxygens (including phenoxy) is 2. The van der Waals surface area contributed by atoms with Crippen LogP contribution in [0.4, 0.5) is 0 Å². The van der Waals surface area contributed by atoms with Crippen LogP contribution in [-0.2, 0) is 12.0 Å². The molecule has 0 radical (unpaired) electrons. The van der Waals surface area contributed by atoms with E-state index in [1.807, 2.05) is 37.3 Å². The van der Waals surface area contributed by atoms with E-state index in [1.165, 1.54) is 5.56 Å². The van der Waals surface area contributed by atoms with Crippen LogP contribution in [-0.4, -0.2) is 22.8 Å². The molecule has 1 heterocycles. The summed E-state index contributed by atoms with van der Waals surface area (Å²) in [6.45, 7) is 10.5. The Labute approximate surface area is 184 Å². The van der Waals surface area contributed by atoms with Gasteiger partial charge in [-0.1, -0.05) is 69.3 Å². The molecule has 0 fully saturated rings. The lowest BCUT2D eigenvalue weighted by molar-refractivity contribution is 0.268. The Balaban J connectivity index is 1.62. The summed E-state index contributed by atoms with van der Waals surface area (Å²) in [5.41, 5.74) is 4.65. The van der Waals surface area contributed by atoms with Crippen LogP contribution in [0.5, 0.6) is 11.5 Å². The fourth-order valence-electron chi connectivity index (χ4n) is 3.73. The van der Waals surface area contributed by atoms with Crippen molar-refractivity contribution in [3.05, 3.63) is 78.4 Å². The van der Waals surface area contributed by atoms with Gasteiger partial charge in [0, 0.05) is 5.56 Å². The number of benzene rings is 3. The summed E-state index contributed by atoms with van der Waals surface area (Å²) in [5, 5.41) is 0. The lowest BCUT2D eigenvalue weighted by Crippen LogP contribution is -2.11. The molecule has 0 aliphatic heterocycles. The second kappa shape index (κ2) is 8.84. The molecule has 4 heteroatoms. The van der Waals surface area contributed by atoms with Gasteiger partial charge in [0.2, 0.25) is 0 Å². The van der Waals surface area contributed by atoms with Crippen molar-refractivity contribution in [2.24, 2.45) is 0 Å². The first-order valence-corrected chi connectivity index (χ1v) is 10.9. The van der Waals surface area contributed by atoms with E-state index in [-0.39, 0.29) is 5.41 Å². The van der Waals surface area contributed by atoms with Gasteiger partial charge in [-0.2, -0.15) is 0 Å². The van der Waals surface area contributed by atoms with Crippen molar-refractivity contribution < 1.29 is 9.47 Å². The first kappa shape index (κ1) is 21.0. The molecule has 1 aromatic heterocycles. The number of imidazole rings is 1. The van der Waals surface area contributed by atoms with E-state index < -0.39 is 0 Å². The standard InChI is InChI=1S/C27H30N2O2/c1-5-30-24-12-8-9-13-25(24)31-19-18-29-23-11-7-6-10-22(23)28-26(29)20-14-16-21(17-15-20)27(2,3)4/h6-17H,5,18-19H2,1-4H3. The molecular weight excluding hydrogens is 384 g/mol. The van der Waals surface area contributed by atoms with Gasteiger partial charge in [0.25, 0.3) is 0 Å². The third-order valence-electron chi connectivity index (χ3n) is 5.39. The van der Waals surface area contributed by atoms with Gasteiger partial charge in [0.15, 0.2) is 11.5 Å². The van der Waals surface area contributed by atoms with E-state index in [9.17, 15) is 0 Å². The molecule has 4 nitrogen and oxygen atoms in total. The highest BCUT2D eigenvalue weighted by atomic mass is 16.5. The van der Waals surface area contributed by atoms with Crippen LogP contribution in [0.25, 0.3) is 22.4 Å². The molecule has 31 heavy (non-hydrogen) atoms. The zero-order valence-electron chi connectivity index (χ0n) is 18.8. The lowest BCUT2D eigenvalue weighted by Gasteiger charge is -2.19. The molecule has 0 aliphatic rings. The largest absolute Gasteiger partial charge is 0.490 e. The molecule has 0 bridgehead atoms. The first-order chi connectivity index (χ1) is 15.0.